The van der Waals surface area contributed by atoms with Crippen LogP contribution < -0.4 is 15.5 Å². The number of para-hydroxylation sites is 1. The van der Waals surface area contributed by atoms with Crippen molar-refractivity contribution in [2.24, 2.45) is 0 Å². The van der Waals surface area contributed by atoms with Gasteiger partial charge in [-0.05, 0) is 31.4 Å². The van der Waals surface area contributed by atoms with E-state index in [0.717, 1.165) is 12.1 Å². The summed E-state index contributed by atoms with van der Waals surface area (Å²) < 4.78 is 0. The number of carboxylic acids is 1. The highest BCUT2D eigenvalue weighted by molar-refractivity contribution is 5.99. The molecular formula is C16H21N3O4. The molecule has 2 rings (SSSR count). The molecule has 7 nitrogen and oxygen atoms in total. The molecule has 124 valence electrons. The van der Waals surface area contributed by atoms with Crippen LogP contribution >= 0.6 is 0 Å². The zero-order valence-electron chi connectivity index (χ0n) is 12.8. The second-order valence-electron chi connectivity index (χ2n) is 5.42. The van der Waals surface area contributed by atoms with Crippen molar-refractivity contribution < 1.29 is 19.5 Å². The molecule has 1 aromatic rings. The molecule has 0 spiro atoms. The Morgan fingerprint density at radius 1 is 1.26 bits per heavy atom. The Morgan fingerprint density at radius 3 is 2.70 bits per heavy atom. The first-order valence-electron chi connectivity index (χ1n) is 7.70. The maximum atomic E-state index is 12.5. The highest BCUT2D eigenvalue weighted by Gasteiger charge is 2.30. The number of hydrogen-bond donors (Lipinski definition) is 3. The molecule has 0 aliphatic carbocycles. The van der Waals surface area contributed by atoms with E-state index in [1.165, 1.54) is 0 Å². The van der Waals surface area contributed by atoms with Crippen molar-refractivity contribution in [3.8, 4) is 0 Å². The quantitative estimate of drug-likeness (QED) is 0.689. The van der Waals surface area contributed by atoms with Crippen molar-refractivity contribution in [2.75, 3.05) is 18.0 Å². The van der Waals surface area contributed by atoms with Gasteiger partial charge in [0.05, 0.1) is 0 Å². The van der Waals surface area contributed by atoms with E-state index in [9.17, 15) is 14.4 Å². The number of piperidine rings is 1. The first-order chi connectivity index (χ1) is 11.1. The van der Waals surface area contributed by atoms with Crippen molar-refractivity contribution in [1.82, 2.24) is 10.6 Å². The summed E-state index contributed by atoms with van der Waals surface area (Å²) >= 11 is 0. The number of carbonyl (C=O) groups excluding carboxylic acids is 2. The van der Waals surface area contributed by atoms with E-state index < -0.39 is 18.0 Å². The van der Waals surface area contributed by atoms with Crippen LogP contribution in [0.1, 0.15) is 25.7 Å². The molecule has 1 atom stereocenters. The molecule has 1 heterocycles. The smallest absolute Gasteiger partial charge is 0.315 e. The number of nitrogens with one attached hydrogen (secondary N) is 2. The van der Waals surface area contributed by atoms with Gasteiger partial charge in [-0.1, -0.05) is 18.2 Å². The molecule has 3 N–H and O–H groups in total. The van der Waals surface area contributed by atoms with E-state index >= 15 is 0 Å². The zero-order chi connectivity index (χ0) is 16.7. The summed E-state index contributed by atoms with van der Waals surface area (Å²) in [5.74, 6) is -1.02. The Kier molecular flexibility index (Phi) is 5.96. The third-order valence-corrected chi connectivity index (χ3v) is 3.66. The number of aliphatic carboxylic acids is 1. The summed E-state index contributed by atoms with van der Waals surface area (Å²) in [6, 6.07) is 8.37. The van der Waals surface area contributed by atoms with Gasteiger partial charge in [-0.2, -0.15) is 0 Å². The van der Waals surface area contributed by atoms with Gasteiger partial charge in [-0.15, -0.1) is 0 Å². The van der Waals surface area contributed by atoms with Crippen molar-refractivity contribution in [3.05, 3.63) is 30.3 Å². The van der Waals surface area contributed by atoms with Crippen LogP contribution in [0.5, 0.6) is 0 Å². The summed E-state index contributed by atoms with van der Waals surface area (Å²) in [6.07, 6.45) is 1.78. The molecule has 0 bridgehead atoms. The van der Waals surface area contributed by atoms with Crippen LogP contribution in [0, 0.1) is 0 Å². The first kappa shape index (κ1) is 16.8. The SMILES string of the molecule is O=C(O)CCCNC(=O)NC1CCCN(c2ccccc2)C1=O. The largest absolute Gasteiger partial charge is 0.481 e. The van der Waals surface area contributed by atoms with E-state index in [-0.39, 0.29) is 18.9 Å². The third-order valence-electron chi connectivity index (χ3n) is 3.66. The Hall–Kier alpha value is -2.57. The predicted octanol–water partition coefficient (Wildman–Crippen LogP) is 1.35. The number of hydrogen-bond acceptors (Lipinski definition) is 3. The predicted molar refractivity (Wildman–Crippen MR) is 85.2 cm³/mol. The highest BCUT2D eigenvalue weighted by Crippen LogP contribution is 2.20. The summed E-state index contributed by atoms with van der Waals surface area (Å²) in [5, 5.41) is 13.8. The molecule has 1 aliphatic heterocycles. The third kappa shape index (κ3) is 4.98. The summed E-state index contributed by atoms with van der Waals surface area (Å²) in [7, 11) is 0. The minimum atomic E-state index is -0.895. The van der Waals surface area contributed by atoms with Gasteiger partial charge >= 0.3 is 12.0 Å². The van der Waals surface area contributed by atoms with Gasteiger partial charge in [0.15, 0.2) is 0 Å². The zero-order valence-corrected chi connectivity index (χ0v) is 12.8. The standard InChI is InChI=1S/C16H21N3O4/c20-14(21)9-4-10-17-16(23)18-13-8-5-11-19(15(13)22)12-6-2-1-3-7-12/h1-3,6-7,13H,4-5,8-11H2,(H,20,21)(H2,17,18,23). The normalized spacial score (nSPS) is 17.7. The number of nitrogens with zero attached hydrogens (tertiary/aromatic N) is 1. The van der Waals surface area contributed by atoms with Crippen molar-refractivity contribution in [2.45, 2.75) is 31.7 Å². The molecule has 7 heteroatoms. The van der Waals surface area contributed by atoms with Gasteiger partial charge in [0.25, 0.3) is 0 Å². The Bertz CT molecular complexity index is 562. The molecule has 3 amide bonds. The van der Waals surface area contributed by atoms with Crippen LogP contribution in [0.4, 0.5) is 10.5 Å². The molecule has 1 unspecified atom stereocenters. The van der Waals surface area contributed by atoms with E-state index in [1.54, 1.807) is 4.90 Å². The van der Waals surface area contributed by atoms with E-state index in [4.69, 9.17) is 5.11 Å². The number of benzene rings is 1. The number of carbonyl (C=O) groups is 3. The Labute approximate surface area is 134 Å². The van der Waals surface area contributed by atoms with Crippen molar-refractivity contribution in [1.29, 1.82) is 0 Å². The minimum absolute atomic E-state index is 0.00439. The van der Waals surface area contributed by atoms with Gasteiger partial charge in [-0.3, -0.25) is 9.59 Å². The number of urea groups is 1. The van der Waals surface area contributed by atoms with Crippen LogP contribution in [0.2, 0.25) is 0 Å². The van der Waals surface area contributed by atoms with Crippen molar-refractivity contribution >= 4 is 23.6 Å². The van der Waals surface area contributed by atoms with Gasteiger partial charge in [0, 0.05) is 25.2 Å². The molecule has 0 radical (unpaired) electrons. The van der Waals surface area contributed by atoms with Crippen molar-refractivity contribution in [3.63, 3.8) is 0 Å². The average Bonchev–Trinajstić information content (AvgIpc) is 2.54. The van der Waals surface area contributed by atoms with E-state index in [0.29, 0.717) is 19.4 Å². The topological polar surface area (TPSA) is 98.7 Å². The Balaban J connectivity index is 1.84. The van der Waals surface area contributed by atoms with Crippen LogP contribution in [0.25, 0.3) is 0 Å². The summed E-state index contributed by atoms with van der Waals surface area (Å²) in [6.45, 7) is 0.905. The minimum Gasteiger partial charge on any atom is -0.481 e. The van der Waals surface area contributed by atoms with Gasteiger partial charge in [0.1, 0.15) is 6.04 Å². The molecule has 1 aromatic carbocycles. The lowest BCUT2D eigenvalue weighted by Crippen LogP contribution is -2.54. The lowest BCUT2D eigenvalue weighted by molar-refractivity contribution is -0.137. The molecule has 23 heavy (non-hydrogen) atoms. The number of rotatable bonds is 6. The molecule has 0 saturated carbocycles. The van der Waals surface area contributed by atoms with Gasteiger partial charge in [0.2, 0.25) is 5.91 Å². The van der Waals surface area contributed by atoms with Crippen LogP contribution in [0.3, 0.4) is 0 Å². The average molecular weight is 319 g/mol. The molecule has 1 aliphatic rings. The highest BCUT2D eigenvalue weighted by atomic mass is 16.4. The second kappa shape index (κ2) is 8.17. The van der Waals surface area contributed by atoms with E-state index in [2.05, 4.69) is 10.6 Å². The fourth-order valence-corrected chi connectivity index (χ4v) is 2.52. The maximum Gasteiger partial charge on any atom is 0.315 e. The van der Waals surface area contributed by atoms with Gasteiger partial charge in [-0.25, -0.2) is 4.79 Å². The lowest BCUT2D eigenvalue weighted by atomic mass is 10.0. The van der Waals surface area contributed by atoms with E-state index in [1.807, 2.05) is 30.3 Å². The monoisotopic (exact) mass is 319 g/mol. The summed E-state index contributed by atoms with van der Waals surface area (Å²) in [5.41, 5.74) is 0.825. The first-order valence-corrected chi connectivity index (χ1v) is 7.70. The maximum absolute atomic E-state index is 12.5. The molecule has 1 fully saturated rings. The summed E-state index contributed by atoms with van der Waals surface area (Å²) in [4.78, 5) is 36.4. The van der Waals surface area contributed by atoms with Crippen LogP contribution in [0.15, 0.2) is 30.3 Å². The second-order valence-corrected chi connectivity index (χ2v) is 5.42. The molecule has 0 aromatic heterocycles. The number of anilines is 1. The van der Waals surface area contributed by atoms with Crippen LogP contribution in [-0.2, 0) is 9.59 Å². The van der Waals surface area contributed by atoms with Gasteiger partial charge < -0.3 is 20.6 Å². The number of amides is 3. The fraction of sp³-hybridized carbons (Fsp3) is 0.438. The fourth-order valence-electron chi connectivity index (χ4n) is 2.52. The lowest BCUT2D eigenvalue weighted by Gasteiger charge is -2.32. The number of carboxylic acid groups (broad SMARTS) is 1. The molecule has 1 saturated heterocycles. The van der Waals surface area contributed by atoms with Crippen LogP contribution in [-0.4, -0.2) is 42.1 Å². The molecular weight excluding hydrogens is 298 g/mol. The Morgan fingerprint density at radius 2 is 2.00 bits per heavy atom.